The molecule has 1 N–H and O–H groups in total. The van der Waals surface area contributed by atoms with Crippen molar-refractivity contribution in [2.75, 3.05) is 6.54 Å². The van der Waals surface area contributed by atoms with Crippen molar-refractivity contribution >= 4 is 17.6 Å². The maximum atomic E-state index is 12.5. The zero-order valence-corrected chi connectivity index (χ0v) is 12.3. The first-order valence-electron chi connectivity index (χ1n) is 7.26. The topological polar surface area (TPSA) is 101 Å². The quantitative estimate of drug-likeness (QED) is 0.679. The van der Waals surface area contributed by atoms with Crippen LogP contribution in [0.5, 0.6) is 0 Å². The minimum absolute atomic E-state index is 0.0998. The molecule has 1 amide bonds. The molecule has 118 valence electrons. The molecule has 1 aliphatic rings. The van der Waals surface area contributed by atoms with E-state index in [0.717, 1.165) is 12.8 Å². The van der Waals surface area contributed by atoms with E-state index in [0.29, 0.717) is 24.9 Å². The summed E-state index contributed by atoms with van der Waals surface area (Å²) in [6, 6.07) is 3.48. The molecule has 1 fully saturated rings. The minimum atomic E-state index is -1.03. The Morgan fingerprint density at radius 1 is 1.41 bits per heavy atom. The Kier molecular flexibility index (Phi) is 4.75. The first-order chi connectivity index (χ1) is 10.5. The number of nitro groups is 1. The number of nitrogens with zero attached hydrogens (tertiary/aromatic N) is 2. The second kappa shape index (κ2) is 6.55. The smallest absolute Gasteiger partial charge is 0.326 e. The highest BCUT2D eigenvalue weighted by Crippen LogP contribution is 2.24. The molecule has 0 saturated carbocycles. The number of hydrogen-bond donors (Lipinski definition) is 1. The summed E-state index contributed by atoms with van der Waals surface area (Å²) in [5, 5.41) is 20.3. The largest absolute Gasteiger partial charge is 0.480 e. The molecule has 0 spiro atoms. The van der Waals surface area contributed by atoms with Gasteiger partial charge in [0, 0.05) is 23.7 Å². The van der Waals surface area contributed by atoms with Gasteiger partial charge in [0.1, 0.15) is 6.04 Å². The minimum Gasteiger partial charge on any atom is -0.480 e. The summed E-state index contributed by atoms with van der Waals surface area (Å²) < 4.78 is 0. The SMILES string of the molecule is CCc1ccc(C(=O)N2CCCC[C@@H]2C(=O)O)cc1[N+](=O)[O-]. The van der Waals surface area contributed by atoms with Gasteiger partial charge < -0.3 is 10.0 Å². The average Bonchev–Trinajstić information content (AvgIpc) is 2.53. The highest BCUT2D eigenvalue weighted by molar-refractivity contribution is 5.97. The lowest BCUT2D eigenvalue weighted by molar-refractivity contribution is -0.385. The van der Waals surface area contributed by atoms with Crippen molar-refractivity contribution in [2.24, 2.45) is 0 Å². The number of hydrogen-bond acceptors (Lipinski definition) is 4. The summed E-state index contributed by atoms with van der Waals surface area (Å²) in [6.07, 6.45) is 2.41. The fourth-order valence-corrected chi connectivity index (χ4v) is 2.76. The van der Waals surface area contributed by atoms with Crippen LogP contribution in [0.2, 0.25) is 0 Å². The van der Waals surface area contributed by atoms with Crippen molar-refractivity contribution in [3.63, 3.8) is 0 Å². The molecule has 1 aromatic rings. The van der Waals surface area contributed by atoms with Crippen molar-refractivity contribution in [3.05, 3.63) is 39.4 Å². The molecule has 2 rings (SSSR count). The number of carboxylic acids is 1. The number of carboxylic acid groups (broad SMARTS) is 1. The first-order valence-corrected chi connectivity index (χ1v) is 7.26. The molecule has 7 heteroatoms. The Morgan fingerprint density at radius 3 is 2.73 bits per heavy atom. The van der Waals surface area contributed by atoms with Crippen molar-refractivity contribution in [1.29, 1.82) is 0 Å². The van der Waals surface area contributed by atoms with Gasteiger partial charge >= 0.3 is 5.97 Å². The van der Waals surface area contributed by atoms with Crippen LogP contribution in [0.1, 0.15) is 42.1 Å². The molecule has 1 saturated heterocycles. The van der Waals surface area contributed by atoms with Gasteiger partial charge in [-0.25, -0.2) is 4.79 Å². The molecule has 7 nitrogen and oxygen atoms in total. The molecule has 1 aliphatic heterocycles. The average molecular weight is 306 g/mol. The van der Waals surface area contributed by atoms with Gasteiger partial charge in [-0.2, -0.15) is 0 Å². The lowest BCUT2D eigenvalue weighted by Gasteiger charge is -2.33. The number of rotatable bonds is 4. The third-order valence-corrected chi connectivity index (χ3v) is 3.96. The number of likely N-dealkylation sites (tertiary alicyclic amines) is 1. The van der Waals surface area contributed by atoms with Crippen molar-refractivity contribution in [3.8, 4) is 0 Å². The van der Waals surface area contributed by atoms with E-state index >= 15 is 0 Å². The van der Waals surface area contributed by atoms with Crippen molar-refractivity contribution < 1.29 is 19.6 Å². The number of nitro benzene ring substituents is 1. The lowest BCUT2D eigenvalue weighted by atomic mass is 10.00. The Bertz CT molecular complexity index is 614. The maximum Gasteiger partial charge on any atom is 0.326 e. The third kappa shape index (κ3) is 3.08. The van der Waals surface area contributed by atoms with E-state index in [9.17, 15) is 24.8 Å². The van der Waals surface area contributed by atoms with Crippen LogP contribution in [0.4, 0.5) is 5.69 Å². The number of aliphatic carboxylic acids is 1. The second-order valence-corrected chi connectivity index (χ2v) is 5.30. The Morgan fingerprint density at radius 2 is 2.14 bits per heavy atom. The van der Waals surface area contributed by atoms with Crippen LogP contribution in [-0.2, 0) is 11.2 Å². The molecule has 0 radical (unpaired) electrons. The van der Waals surface area contributed by atoms with E-state index in [1.807, 2.05) is 0 Å². The Balaban J connectivity index is 2.34. The molecule has 0 bridgehead atoms. The molecule has 0 aliphatic carbocycles. The van der Waals surface area contributed by atoms with E-state index < -0.39 is 22.8 Å². The molecule has 1 atom stereocenters. The second-order valence-electron chi connectivity index (χ2n) is 5.30. The third-order valence-electron chi connectivity index (χ3n) is 3.96. The first kappa shape index (κ1) is 15.9. The van der Waals surface area contributed by atoms with Crippen LogP contribution in [0, 0.1) is 10.1 Å². The van der Waals surface area contributed by atoms with Crippen LogP contribution < -0.4 is 0 Å². The molecule has 1 aromatic carbocycles. The van der Waals surface area contributed by atoms with Gasteiger partial charge in [0.25, 0.3) is 11.6 Å². The summed E-state index contributed by atoms with van der Waals surface area (Å²) in [4.78, 5) is 35.7. The monoisotopic (exact) mass is 306 g/mol. The predicted molar refractivity (Wildman–Crippen MR) is 78.8 cm³/mol. The standard InChI is InChI=1S/C15H18N2O5/c1-2-10-6-7-11(9-13(10)17(21)22)14(18)16-8-4-3-5-12(16)15(19)20/h6-7,9,12H,2-5,8H2,1H3,(H,19,20)/t12-/m1/s1. The van der Waals surface area contributed by atoms with Crippen molar-refractivity contribution in [2.45, 2.75) is 38.6 Å². The summed E-state index contributed by atoms with van der Waals surface area (Å²) in [5.41, 5.74) is 0.615. The van der Waals surface area contributed by atoms with Crippen LogP contribution in [-0.4, -0.2) is 39.4 Å². The van der Waals surface area contributed by atoms with E-state index in [1.165, 1.54) is 17.0 Å². The van der Waals surface area contributed by atoms with E-state index in [4.69, 9.17) is 0 Å². The number of aryl methyl sites for hydroxylation is 1. The van der Waals surface area contributed by atoms with Crippen LogP contribution in [0.15, 0.2) is 18.2 Å². The van der Waals surface area contributed by atoms with Crippen LogP contribution in [0.25, 0.3) is 0 Å². The highest BCUT2D eigenvalue weighted by Gasteiger charge is 2.33. The number of piperidine rings is 1. The molecular weight excluding hydrogens is 288 g/mol. The predicted octanol–water partition coefficient (Wildman–Crippen LogP) is 2.24. The number of amides is 1. The Hall–Kier alpha value is -2.44. The number of carbonyl (C=O) groups excluding carboxylic acids is 1. The van der Waals surface area contributed by atoms with Gasteiger partial charge in [-0.15, -0.1) is 0 Å². The molecular formula is C15H18N2O5. The van der Waals surface area contributed by atoms with E-state index in [1.54, 1.807) is 13.0 Å². The van der Waals surface area contributed by atoms with Crippen LogP contribution >= 0.6 is 0 Å². The van der Waals surface area contributed by atoms with Gasteiger partial charge in [-0.3, -0.25) is 14.9 Å². The zero-order valence-electron chi connectivity index (χ0n) is 12.3. The van der Waals surface area contributed by atoms with Gasteiger partial charge in [0.05, 0.1) is 4.92 Å². The van der Waals surface area contributed by atoms with Crippen molar-refractivity contribution in [1.82, 2.24) is 4.90 Å². The molecule has 0 unspecified atom stereocenters. The molecule has 0 aromatic heterocycles. The number of benzene rings is 1. The maximum absolute atomic E-state index is 12.5. The molecule has 1 heterocycles. The summed E-state index contributed by atoms with van der Waals surface area (Å²) in [6.45, 7) is 2.16. The van der Waals surface area contributed by atoms with E-state index in [-0.39, 0.29) is 11.3 Å². The Labute approximate surface area is 127 Å². The van der Waals surface area contributed by atoms with Gasteiger partial charge in [-0.05, 0) is 31.7 Å². The summed E-state index contributed by atoms with van der Waals surface area (Å²) >= 11 is 0. The fraction of sp³-hybridized carbons (Fsp3) is 0.467. The van der Waals surface area contributed by atoms with Gasteiger partial charge in [0.15, 0.2) is 0 Å². The number of carbonyl (C=O) groups is 2. The zero-order chi connectivity index (χ0) is 16.3. The summed E-state index contributed by atoms with van der Waals surface area (Å²) in [7, 11) is 0. The summed E-state index contributed by atoms with van der Waals surface area (Å²) in [5.74, 6) is -1.49. The lowest BCUT2D eigenvalue weighted by Crippen LogP contribution is -2.48. The molecule has 22 heavy (non-hydrogen) atoms. The normalized spacial score (nSPS) is 18.0. The van der Waals surface area contributed by atoms with Gasteiger partial charge in [-0.1, -0.05) is 13.0 Å². The van der Waals surface area contributed by atoms with Gasteiger partial charge in [0.2, 0.25) is 0 Å². The van der Waals surface area contributed by atoms with E-state index in [2.05, 4.69) is 0 Å². The fourth-order valence-electron chi connectivity index (χ4n) is 2.76. The highest BCUT2D eigenvalue weighted by atomic mass is 16.6. The van der Waals surface area contributed by atoms with Crippen LogP contribution in [0.3, 0.4) is 0 Å².